The van der Waals surface area contributed by atoms with Gasteiger partial charge in [-0.3, -0.25) is 9.10 Å². The van der Waals surface area contributed by atoms with Crippen molar-refractivity contribution in [3.05, 3.63) is 142 Å². The predicted molar refractivity (Wildman–Crippen MR) is 186 cm³/mol. The second kappa shape index (κ2) is 14.1. The lowest BCUT2D eigenvalue weighted by molar-refractivity contribution is -0.139. The molecule has 228 valence electrons. The van der Waals surface area contributed by atoms with Crippen molar-refractivity contribution >= 4 is 50.2 Å². The smallest absolute Gasteiger partial charge is 0.326 e. The zero-order chi connectivity index (χ0) is 32.0. The molecule has 0 bridgehead atoms. The molecule has 5 aromatic carbocycles. The van der Waals surface area contributed by atoms with Crippen molar-refractivity contribution in [3.63, 3.8) is 0 Å². The number of anilines is 1. The molecule has 0 saturated heterocycles. The molecule has 0 heterocycles. The molecule has 0 spiro atoms. The molecule has 0 fully saturated rings. The monoisotopic (exact) mass is 730 g/mol. The van der Waals surface area contributed by atoms with Crippen molar-refractivity contribution in [2.24, 2.45) is 0 Å². The van der Waals surface area contributed by atoms with Crippen molar-refractivity contribution in [1.29, 1.82) is 0 Å². The average molecular weight is 731 g/mol. The lowest BCUT2D eigenvalue weighted by Crippen LogP contribution is -2.43. The molecule has 0 radical (unpaired) electrons. The fourth-order valence-electron chi connectivity index (χ4n) is 5.09. The number of sulfonamides is 1. The van der Waals surface area contributed by atoms with E-state index < -0.39 is 27.9 Å². The molecule has 5 aromatic rings. The maximum absolute atomic E-state index is 13.9. The highest BCUT2D eigenvalue weighted by Crippen LogP contribution is 2.30. The Hall–Kier alpha value is -4.48. The zero-order valence-electron chi connectivity index (χ0n) is 24.4. The Kier molecular flexibility index (Phi) is 9.99. The van der Waals surface area contributed by atoms with Crippen molar-refractivity contribution < 1.29 is 23.1 Å². The standard InChI is InChI=1S/C36H31IN2O5S/c1-2-39(45(43,44)31-20-17-29(18-21-31)27-11-7-4-8-12-27)34-22-19-30(37)24-32(34)35(40)38-33(36(41)42)23-25-13-15-28(16-14-25)26-9-5-3-6-10-26/h3-22,24,33H,2,23H2,1H3,(H,38,40)(H,41,42). The van der Waals surface area contributed by atoms with Crippen LogP contribution in [-0.2, 0) is 21.2 Å². The summed E-state index contributed by atoms with van der Waals surface area (Å²) in [6.45, 7) is 1.74. The molecule has 0 aliphatic heterocycles. The van der Waals surface area contributed by atoms with Crippen molar-refractivity contribution in [2.45, 2.75) is 24.3 Å². The number of halogens is 1. The Bertz CT molecular complexity index is 1900. The van der Waals surface area contributed by atoms with Crippen LogP contribution in [-0.4, -0.2) is 38.0 Å². The molecule has 0 saturated carbocycles. The summed E-state index contributed by atoms with van der Waals surface area (Å²) in [5, 5.41) is 12.6. The van der Waals surface area contributed by atoms with Crippen LogP contribution in [0.5, 0.6) is 0 Å². The minimum atomic E-state index is -4.06. The lowest BCUT2D eigenvalue weighted by Gasteiger charge is -2.26. The zero-order valence-corrected chi connectivity index (χ0v) is 27.4. The quantitative estimate of drug-likeness (QED) is 0.139. The molecule has 0 aliphatic carbocycles. The number of hydrogen-bond donors (Lipinski definition) is 2. The molecule has 9 heteroatoms. The van der Waals surface area contributed by atoms with E-state index in [9.17, 15) is 23.1 Å². The third-order valence-corrected chi connectivity index (χ3v) is 9.99. The van der Waals surface area contributed by atoms with Crippen LogP contribution in [0, 0.1) is 3.57 Å². The van der Waals surface area contributed by atoms with E-state index in [2.05, 4.69) is 5.32 Å². The van der Waals surface area contributed by atoms with Crippen LogP contribution in [0.1, 0.15) is 22.8 Å². The summed E-state index contributed by atoms with van der Waals surface area (Å²) in [7, 11) is -4.06. The van der Waals surface area contributed by atoms with Gasteiger partial charge in [-0.2, -0.15) is 0 Å². The SMILES string of the molecule is CCN(c1ccc(I)cc1C(=O)NC(Cc1ccc(-c2ccccc2)cc1)C(=O)O)S(=O)(=O)c1ccc(-c2ccccc2)cc1. The first-order valence-electron chi connectivity index (χ1n) is 14.3. The van der Waals surface area contributed by atoms with Gasteiger partial charge in [0, 0.05) is 16.5 Å². The second-order valence-electron chi connectivity index (χ2n) is 10.4. The van der Waals surface area contributed by atoms with E-state index in [0.29, 0.717) is 3.57 Å². The summed E-state index contributed by atoms with van der Waals surface area (Å²) in [5.74, 6) is -1.87. The van der Waals surface area contributed by atoms with Crippen LogP contribution in [0.3, 0.4) is 0 Å². The highest BCUT2D eigenvalue weighted by Gasteiger charge is 2.29. The normalized spacial score (nSPS) is 11.9. The van der Waals surface area contributed by atoms with Gasteiger partial charge in [0.2, 0.25) is 0 Å². The Morgan fingerprint density at radius 1 is 0.756 bits per heavy atom. The summed E-state index contributed by atoms with van der Waals surface area (Å²) in [5.41, 5.74) is 4.85. The number of benzene rings is 5. The third-order valence-electron chi connectivity index (χ3n) is 7.41. The molecule has 1 unspecified atom stereocenters. The molecule has 0 aliphatic rings. The van der Waals surface area contributed by atoms with Gasteiger partial charge in [0.1, 0.15) is 6.04 Å². The highest BCUT2D eigenvalue weighted by atomic mass is 127. The molecule has 5 rings (SSSR count). The first-order valence-corrected chi connectivity index (χ1v) is 16.8. The fourth-order valence-corrected chi connectivity index (χ4v) is 7.07. The number of hydrogen-bond acceptors (Lipinski definition) is 4. The van der Waals surface area contributed by atoms with E-state index in [4.69, 9.17) is 0 Å². The largest absolute Gasteiger partial charge is 0.480 e. The van der Waals surface area contributed by atoms with Gasteiger partial charge in [0.25, 0.3) is 15.9 Å². The van der Waals surface area contributed by atoms with Crippen LogP contribution in [0.2, 0.25) is 0 Å². The Labute approximate surface area is 276 Å². The summed E-state index contributed by atoms with van der Waals surface area (Å²) < 4.78 is 29.6. The van der Waals surface area contributed by atoms with E-state index in [1.165, 1.54) is 4.31 Å². The first kappa shape index (κ1) is 31.9. The number of nitrogens with zero attached hydrogens (tertiary/aromatic N) is 1. The Morgan fingerprint density at radius 2 is 1.27 bits per heavy atom. The van der Waals surface area contributed by atoms with Gasteiger partial charge in [-0.25, -0.2) is 13.2 Å². The van der Waals surface area contributed by atoms with E-state index >= 15 is 0 Å². The Morgan fingerprint density at radius 3 is 1.78 bits per heavy atom. The van der Waals surface area contributed by atoms with Gasteiger partial charge >= 0.3 is 5.97 Å². The number of carbonyl (C=O) groups is 2. The van der Waals surface area contributed by atoms with Gasteiger partial charge in [-0.15, -0.1) is 0 Å². The number of amides is 1. The molecule has 45 heavy (non-hydrogen) atoms. The first-order chi connectivity index (χ1) is 21.7. The molecule has 1 amide bonds. The molecule has 7 nitrogen and oxygen atoms in total. The molecular weight excluding hydrogens is 699 g/mol. The van der Waals surface area contributed by atoms with Crippen molar-refractivity contribution in [2.75, 3.05) is 10.8 Å². The summed E-state index contributed by atoms with van der Waals surface area (Å²) in [4.78, 5) is 26.0. The van der Waals surface area contributed by atoms with Gasteiger partial charge in [-0.05, 0) is 87.7 Å². The van der Waals surface area contributed by atoms with Crippen molar-refractivity contribution in [3.8, 4) is 22.3 Å². The summed E-state index contributed by atoms with van der Waals surface area (Å²) >= 11 is 2.04. The third kappa shape index (κ3) is 7.43. The lowest BCUT2D eigenvalue weighted by atomic mass is 10.0. The number of aliphatic carboxylic acids is 1. The number of nitrogens with one attached hydrogen (secondary N) is 1. The molecule has 0 aromatic heterocycles. The molecule has 2 N–H and O–H groups in total. The van der Waals surface area contributed by atoms with Crippen LogP contribution in [0.25, 0.3) is 22.3 Å². The summed E-state index contributed by atoms with van der Waals surface area (Å²) in [6, 6.07) is 37.2. The number of carboxylic acid groups (broad SMARTS) is 1. The van der Waals surface area contributed by atoms with E-state index in [0.717, 1.165) is 27.8 Å². The summed E-state index contributed by atoms with van der Waals surface area (Å²) in [6.07, 6.45) is 0.0545. The number of carbonyl (C=O) groups excluding carboxylic acids is 1. The van der Waals surface area contributed by atoms with Gasteiger partial charge in [0.05, 0.1) is 16.1 Å². The molecular formula is C36H31IN2O5S. The number of carboxylic acids is 1. The van der Waals surface area contributed by atoms with E-state index in [-0.39, 0.29) is 29.1 Å². The number of rotatable bonds is 11. The average Bonchev–Trinajstić information content (AvgIpc) is 3.06. The van der Waals surface area contributed by atoms with E-state index in [1.807, 2.05) is 108 Å². The predicted octanol–water partition coefficient (Wildman–Crippen LogP) is 7.27. The maximum atomic E-state index is 13.9. The van der Waals surface area contributed by atoms with Crippen LogP contribution in [0.15, 0.2) is 132 Å². The van der Waals surface area contributed by atoms with Crippen LogP contribution in [0.4, 0.5) is 5.69 Å². The highest BCUT2D eigenvalue weighted by molar-refractivity contribution is 14.1. The molecule has 1 atom stereocenters. The minimum Gasteiger partial charge on any atom is -0.480 e. The van der Waals surface area contributed by atoms with Crippen LogP contribution >= 0.6 is 22.6 Å². The Balaban J connectivity index is 1.39. The van der Waals surface area contributed by atoms with Gasteiger partial charge < -0.3 is 10.4 Å². The minimum absolute atomic E-state index is 0.0545. The maximum Gasteiger partial charge on any atom is 0.326 e. The van der Waals surface area contributed by atoms with Gasteiger partial charge in [-0.1, -0.05) is 97.1 Å². The van der Waals surface area contributed by atoms with Gasteiger partial charge in [0.15, 0.2) is 0 Å². The second-order valence-corrected chi connectivity index (χ2v) is 13.5. The van der Waals surface area contributed by atoms with Crippen LogP contribution < -0.4 is 9.62 Å². The van der Waals surface area contributed by atoms with Crippen molar-refractivity contribution in [1.82, 2.24) is 5.32 Å². The fraction of sp³-hybridized carbons (Fsp3) is 0.111. The topological polar surface area (TPSA) is 104 Å². The van der Waals surface area contributed by atoms with E-state index in [1.54, 1.807) is 49.4 Å².